The van der Waals surface area contributed by atoms with E-state index in [0.29, 0.717) is 33.8 Å². The van der Waals surface area contributed by atoms with Gasteiger partial charge in [0.15, 0.2) is 12.4 Å². The molecule has 6 nitrogen and oxygen atoms in total. The highest BCUT2D eigenvalue weighted by atomic mass is 35.5. The highest BCUT2D eigenvalue weighted by Crippen LogP contribution is 2.31. The second-order valence-electron chi connectivity index (χ2n) is 6.79. The lowest BCUT2D eigenvalue weighted by molar-refractivity contribution is -0.118. The van der Waals surface area contributed by atoms with Crippen molar-refractivity contribution in [2.75, 3.05) is 23.4 Å². The van der Waals surface area contributed by atoms with Crippen LogP contribution in [-0.2, 0) is 11.2 Å². The number of fused-ring (bicyclic) bond motifs is 1. The van der Waals surface area contributed by atoms with E-state index in [9.17, 15) is 9.59 Å². The number of ether oxygens (including phenoxy) is 1. The number of aryl methyl sites for hydroxylation is 1. The predicted octanol–water partition coefficient (Wildman–Crippen LogP) is 5.20. The van der Waals surface area contributed by atoms with Crippen molar-refractivity contribution in [3.05, 3.63) is 76.2 Å². The molecule has 0 radical (unpaired) electrons. The highest BCUT2D eigenvalue weighted by Gasteiger charge is 2.25. The fourth-order valence-corrected chi connectivity index (χ4v) is 3.81. The lowest BCUT2D eigenvalue weighted by Gasteiger charge is -2.29. The van der Waals surface area contributed by atoms with Gasteiger partial charge in [-0.2, -0.15) is 0 Å². The van der Waals surface area contributed by atoms with Crippen molar-refractivity contribution >= 4 is 46.4 Å². The molecule has 0 saturated heterocycles. The first-order chi connectivity index (χ1) is 14.5. The van der Waals surface area contributed by atoms with Gasteiger partial charge in [0, 0.05) is 22.9 Å². The molecule has 30 heavy (non-hydrogen) atoms. The number of carbonyl (C=O) groups is 2. The number of hydrogen-bond donors (Lipinski definition) is 1. The maximum absolute atomic E-state index is 12.7. The Morgan fingerprint density at radius 2 is 2.00 bits per heavy atom. The van der Waals surface area contributed by atoms with Crippen LogP contribution in [0.2, 0.25) is 10.0 Å². The molecule has 0 aliphatic carbocycles. The number of carbonyl (C=O) groups excluding carboxylic acids is 2. The molecule has 2 aromatic carbocycles. The maximum atomic E-state index is 12.7. The maximum Gasteiger partial charge on any atom is 0.293 e. The first kappa shape index (κ1) is 20.3. The molecule has 0 atom stereocenters. The Kier molecular flexibility index (Phi) is 5.97. The number of nitrogens with one attached hydrogen (secondary N) is 1. The lowest BCUT2D eigenvalue weighted by Crippen LogP contribution is -2.35. The molecule has 0 spiro atoms. The largest absolute Gasteiger partial charge is 0.482 e. The first-order valence-electron chi connectivity index (χ1n) is 9.37. The lowest BCUT2D eigenvalue weighted by atomic mass is 10.0. The SMILES string of the molecule is O=C(COc1ccc(Cl)cc1Cl)Nc1ccc2c(c1)CCCN2C(=O)c1ccco1. The average molecular weight is 445 g/mol. The van der Waals surface area contributed by atoms with Gasteiger partial charge in [-0.3, -0.25) is 9.59 Å². The van der Waals surface area contributed by atoms with E-state index in [0.717, 1.165) is 24.1 Å². The third-order valence-corrected chi connectivity index (χ3v) is 5.24. The fraction of sp³-hybridized carbons (Fsp3) is 0.182. The minimum Gasteiger partial charge on any atom is -0.482 e. The van der Waals surface area contributed by atoms with Gasteiger partial charge in [-0.05, 0) is 66.9 Å². The van der Waals surface area contributed by atoms with Gasteiger partial charge in [-0.1, -0.05) is 23.2 Å². The van der Waals surface area contributed by atoms with E-state index in [2.05, 4.69) is 5.32 Å². The van der Waals surface area contributed by atoms with Crippen LogP contribution in [0.1, 0.15) is 22.5 Å². The number of benzene rings is 2. The smallest absolute Gasteiger partial charge is 0.293 e. The molecule has 1 aliphatic heterocycles. The third-order valence-electron chi connectivity index (χ3n) is 4.71. The summed E-state index contributed by atoms with van der Waals surface area (Å²) >= 11 is 11.9. The number of rotatable bonds is 5. The standard InChI is InChI=1S/C22H18Cl2N2O4/c23-15-5-8-19(17(24)12-15)30-13-21(27)25-16-6-7-18-14(11-16)3-1-9-26(18)22(28)20-4-2-10-29-20/h2,4-8,10-12H,1,3,9,13H2,(H,25,27). The number of amides is 2. The fourth-order valence-electron chi connectivity index (χ4n) is 3.35. The summed E-state index contributed by atoms with van der Waals surface area (Å²) < 4.78 is 10.7. The zero-order valence-electron chi connectivity index (χ0n) is 15.9. The van der Waals surface area contributed by atoms with Crippen LogP contribution in [-0.4, -0.2) is 25.0 Å². The van der Waals surface area contributed by atoms with Crippen molar-refractivity contribution in [3.63, 3.8) is 0 Å². The van der Waals surface area contributed by atoms with Crippen LogP contribution in [0.15, 0.2) is 59.2 Å². The van der Waals surface area contributed by atoms with Gasteiger partial charge in [-0.15, -0.1) is 0 Å². The quantitative estimate of drug-likeness (QED) is 0.586. The number of furan rings is 1. The summed E-state index contributed by atoms with van der Waals surface area (Å²) in [7, 11) is 0. The minimum atomic E-state index is -0.319. The minimum absolute atomic E-state index is 0.175. The Balaban J connectivity index is 1.42. The van der Waals surface area contributed by atoms with Gasteiger partial charge >= 0.3 is 0 Å². The van der Waals surface area contributed by atoms with E-state index in [1.54, 1.807) is 41.3 Å². The molecular weight excluding hydrogens is 427 g/mol. The monoisotopic (exact) mass is 444 g/mol. The molecule has 1 aliphatic rings. The number of anilines is 2. The zero-order chi connectivity index (χ0) is 21.1. The number of hydrogen-bond acceptors (Lipinski definition) is 4. The molecule has 2 heterocycles. The van der Waals surface area contributed by atoms with Crippen LogP contribution >= 0.6 is 23.2 Å². The van der Waals surface area contributed by atoms with Crippen LogP contribution in [0.25, 0.3) is 0 Å². The molecule has 0 unspecified atom stereocenters. The van der Waals surface area contributed by atoms with E-state index in [1.165, 1.54) is 6.26 Å². The molecule has 1 aromatic heterocycles. The summed E-state index contributed by atoms with van der Waals surface area (Å²) in [5.74, 6) is 0.193. The molecule has 0 fully saturated rings. The van der Waals surface area contributed by atoms with Gasteiger partial charge < -0.3 is 19.4 Å². The Morgan fingerprint density at radius 3 is 2.77 bits per heavy atom. The Bertz CT molecular complexity index is 1080. The van der Waals surface area contributed by atoms with Crippen LogP contribution < -0.4 is 15.0 Å². The second kappa shape index (κ2) is 8.81. The Morgan fingerprint density at radius 1 is 1.13 bits per heavy atom. The number of halogens is 2. The van der Waals surface area contributed by atoms with Crippen molar-refractivity contribution in [1.82, 2.24) is 0 Å². The molecule has 0 bridgehead atoms. The third kappa shape index (κ3) is 4.45. The van der Waals surface area contributed by atoms with Gasteiger partial charge in [0.05, 0.1) is 11.3 Å². The van der Waals surface area contributed by atoms with Crippen molar-refractivity contribution in [2.24, 2.45) is 0 Å². The molecule has 3 aromatic rings. The predicted molar refractivity (Wildman–Crippen MR) is 116 cm³/mol. The molecular formula is C22H18Cl2N2O4. The van der Waals surface area contributed by atoms with Crippen molar-refractivity contribution in [2.45, 2.75) is 12.8 Å². The second-order valence-corrected chi connectivity index (χ2v) is 7.64. The summed E-state index contributed by atoms with van der Waals surface area (Å²) in [6.45, 7) is 0.426. The molecule has 2 amide bonds. The Labute approximate surface area is 183 Å². The van der Waals surface area contributed by atoms with E-state index in [4.69, 9.17) is 32.4 Å². The summed E-state index contributed by atoms with van der Waals surface area (Å²) in [6.07, 6.45) is 3.13. The van der Waals surface area contributed by atoms with Crippen molar-refractivity contribution < 1.29 is 18.7 Å². The highest BCUT2D eigenvalue weighted by molar-refractivity contribution is 6.35. The van der Waals surface area contributed by atoms with Crippen molar-refractivity contribution in [3.8, 4) is 5.75 Å². The normalized spacial score (nSPS) is 12.9. The van der Waals surface area contributed by atoms with Crippen LogP contribution in [0.5, 0.6) is 5.75 Å². The topological polar surface area (TPSA) is 71.8 Å². The van der Waals surface area contributed by atoms with E-state index >= 15 is 0 Å². The Hall–Kier alpha value is -2.96. The van der Waals surface area contributed by atoms with Crippen molar-refractivity contribution in [1.29, 1.82) is 0 Å². The van der Waals surface area contributed by atoms with Crippen LogP contribution in [0.4, 0.5) is 11.4 Å². The van der Waals surface area contributed by atoms with Gasteiger partial charge in [-0.25, -0.2) is 0 Å². The van der Waals surface area contributed by atoms with E-state index in [-0.39, 0.29) is 18.4 Å². The number of nitrogens with zero attached hydrogens (tertiary/aromatic N) is 1. The van der Waals surface area contributed by atoms with Crippen LogP contribution in [0, 0.1) is 0 Å². The summed E-state index contributed by atoms with van der Waals surface area (Å²) in [5, 5.41) is 3.64. The molecule has 4 rings (SSSR count). The summed E-state index contributed by atoms with van der Waals surface area (Å²) in [4.78, 5) is 26.7. The molecule has 154 valence electrons. The first-order valence-corrected chi connectivity index (χ1v) is 10.1. The van der Waals surface area contributed by atoms with Crippen LogP contribution in [0.3, 0.4) is 0 Å². The van der Waals surface area contributed by atoms with E-state index in [1.807, 2.05) is 12.1 Å². The molecule has 8 heteroatoms. The van der Waals surface area contributed by atoms with E-state index < -0.39 is 0 Å². The average Bonchev–Trinajstić information content (AvgIpc) is 3.27. The van der Waals surface area contributed by atoms with Gasteiger partial charge in [0.25, 0.3) is 11.8 Å². The zero-order valence-corrected chi connectivity index (χ0v) is 17.4. The summed E-state index contributed by atoms with van der Waals surface area (Å²) in [5.41, 5.74) is 2.45. The summed E-state index contributed by atoms with van der Waals surface area (Å²) in [6, 6.07) is 13.6. The van der Waals surface area contributed by atoms with Gasteiger partial charge in [0.2, 0.25) is 0 Å². The molecule has 1 N–H and O–H groups in total. The van der Waals surface area contributed by atoms with Gasteiger partial charge in [0.1, 0.15) is 5.75 Å². The molecule has 0 saturated carbocycles.